The maximum absolute atomic E-state index is 12.0. The first-order valence-corrected chi connectivity index (χ1v) is 7.09. The molecule has 1 fully saturated rings. The highest BCUT2D eigenvalue weighted by Gasteiger charge is 2.37. The van der Waals surface area contributed by atoms with Gasteiger partial charge in [0.15, 0.2) is 0 Å². The number of nitrogens with zero attached hydrogens (tertiary/aromatic N) is 2. The number of carbonyl (C=O) groups excluding carboxylic acids is 1. The molecule has 1 heterocycles. The topological polar surface area (TPSA) is 92.9 Å². The summed E-state index contributed by atoms with van der Waals surface area (Å²) in [5, 5.41) is 20.7. The van der Waals surface area contributed by atoms with E-state index in [-0.39, 0.29) is 11.6 Å². The molecule has 120 valence electrons. The monoisotopic (exact) mass is 308 g/mol. The van der Waals surface area contributed by atoms with Crippen LogP contribution in [0.4, 0.5) is 10.5 Å². The van der Waals surface area contributed by atoms with Gasteiger partial charge in [-0.05, 0) is 26.3 Å². The summed E-state index contributed by atoms with van der Waals surface area (Å²) in [5.41, 5.74) is 0.254. The number of nitro benzene ring substituents is 1. The molecule has 1 amide bonds. The van der Waals surface area contributed by atoms with Crippen LogP contribution in [-0.2, 0) is 4.74 Å². The van der Waals surface area contributed by atoms with E-state index >= 15 is 0 Å². The third-order valence-corrected chi connectivity index (χ3v) is 3.48. The highest BCUT2D eigenvalue weighted by Crippen LogP contribution is 2.32. The van der Waals surface area contributed by atoms with Crippen molar-refractivity contribution in [2.24, 2.45) is 0 Å². The lowest BCUT2D eigenvalue weighted by atomic mass is 9.98. The van der Waals surface area contributed by atoms with E-state index in [1.165, 1.54) is 17.0 Å². The number of hydrogen-bond donors (Lipinski definition) is 1. The zero-order valence-electron chi connectivity index (χ0n) is 12.9. The number of non-ortho nitro benzene ring substituents is 1. The number of carbonyl (C=O) groups is 1. The Kier molecular flexibility index (Phi) is 4.37. The van der Waals surface area contributed by atoms with Crippen molar-refractivity contribution in [3.05, 3.63) is 39.9 Å². The van der Waals surface area contributed by atoms with Gasteiger partial charge in [-0.25, -0.2) is 4.79 Å². The number of nitro groups is 1. The number of benzene rings is 1. The summed E-state index contributed by atoms with van der Waals surface area (Å²) in [7, 11) is 0. The molecule has 7 heteroatoms. The van der Waals surface area contributed by atoms with Gasteiger partial charge in [0.25, 0.3) is 5.69 Å². The van der Waals surface area contributed by atoms with Crippen molar-refractivity contribution < 1.29 is 19.6 Å². The van der Waals surface area contributed by atoms with Crippen molar-refractivity contribution in [2.45, 2.75) is 44.9 Å². The van der Waals surface area contributed by atoms with E-state index in [0.29, 0.717) is 13.0 Å². The summed E-state index contributed by atoms with van der Waals surface area (Å²) in [5.74, 6) is -0.0664. The summed E-state index contributed by atoms with van der Waals surface area (Å²) in [6, 6.07) is 6.18. The number of aliphatic hydroxyl groups excluding tert-OH is 1. The van der Waals surface area contributed by atoms with Gasteiger partial charge in [-0.1, -0.05) is 12.1 Å². The van der Waals surface area contributed by atoms with Crippen LogP contribution in [0.1, 0.15) is 38.7 Å². The molecule has 1 saturated heterocycles. The Labute approximate surface area is 128 Å². The molecular weight excluding hydrogens is 288 g/mol. The minimum Gasteiger partial charge on any atom is -0.444 e. The van der Waals surface area contributed by atoms with Crippen LogP contribution < -0.4 is 0 Å². The molecule has 2 rings (SSSR count). The Morgan fingerprint density at radius 2 is 1.95 bits per heavy atom. The summed E-state index contributed by atoms with van der Waals surface area (Å²) in [4.78, 5) is 23.5. The van der Waals surface area contributed by atoms with Crippen LogP contribution in [0.5, 0.6) is 0 Å². The largest absolute Gasteiger partial charge is 0.444 e. The Bertz CT molecular complexity index is 564. The summed E-state index contributed by atoms with van der Waals surface area (Å²) in [6.07, 6.45) is -1.07. The van der Waals surface area contributed by atoms with E-state index in [0.717, 1.165) is 5.56 Å². The zero-order valence-corrected chi connectivity index (χ0v) is 12.9. The Morgan fingerprint density at radius 1 is 1.36 bits per heavy atom. The van der Waals surface area contributed by atoms with Gasteiger partial charge in [0, 0.05) is 31.0 Å². The molecule has 0 aromatic heterocycles. The van der Waals surface area contributed by atoms with Crippen LogP contribution in [0.15, 0.2) is 24.3 Å². The predicted molar refractivity (Wildman–Crippen MR) is 79.4 cm³/mol. The van der Waals surface area contributed by atoms with E-state index in [1.807, 2.05) is 0 Å². The van der Waals surface area contributed by atoms with E-state index in [2.05, 4.69) is 0 Å². The van der Waals surface area contributed by atoms with Crippen molar-refractivity contribution in [1.29, 1.82) is 0 Å². The van der Waals surface area contributed by atoms with Crippen LogP contribution in [0.3, 0.4) is 0 Å². The number of hydrogen-bond acceptors (Lipinski definition) is 5. The molecule has 7 nitrogen and oxygen atoms in total. The SMILES string of the molecule is CC(C)(C)OC(=O)N1CC(c2ccc([N+](=O)[O-])cc2)CC1O. The van der Waals surface area contributed by atoms with Crippen LogP contribution in [0.2, 0.25) is 0 Å². The minimum absolute atomic E-state index is 0.0197. The third-order valence-electron chi connectivity index (χ3n) is 3.48. The van der Waals surface area contributed by atoms with Gasteiger partial charge in [-0.3, -0.25) is 15.0 Å². The van der Waals surface area contributed by atoms with Gasteiger partial charge in [0.2, 0.25) is 0 Å². The van der Waals surface area contributed by atoms with Crippen LogP contribution in [-0.4, -0.2) is 39.4 Å². The standard InChI is InChI=1S/C15H20N2O5/c1-15(2,3)22-14(19)16-9-11(8-13(16)18)10-4-6-12(7-5-10)17(20)21/h4-7,11,13,18H,8-9H2,1-3H3. The fraction of sp³-hybridized carbons (Fsp3) is 0.533. The smallest absolute Gasteiger partial charge is 0.412 e. The zero-order chi connectivity index (χ0) is 16.5. The Balaban J connectivity index is 2.07. The fourth-order valence-electron chi connectivity index (χ4n) is 2.44. The number of aliphatic hydroxyl groups is 1. The van der Waals surface area contributed by atoms with Crippen molar-refractivity contribution in [2.75, 3.05) is 6.54 Å². The average molecular weight is 308 g/mol. The number of ether oxygens (including phenoxy) is 1. The third kappa shape index (κ3) is 3.73. The minimum atomic E-state index is -0.907. The first-order chi connectivity index (χ1) is 10.2. The maximum atomic E-state index is 12.0. The molecule has 0 saturated carbocycles. The summed E-state index contributed by atoms with van der Waals surface area (Å²) in [6.45, 7) is 5.62. The Hall–Kier alpha value is -2.15. The van der Waals surface area contributed by atoms with E-state index in [1.54, 1.807) is 32.9 Å². The van der Waals surface area contributed by atoms with Crippen molar-refractivity contribution in [3.8, 4) is 0 Å². The van der Waals surface area contributed by atoms with Crippen LogP contribution >= 0.6 is 0 Å². The van der Waals surface area contributed by atoms with Crippen molar-refractivity contribution in [3.63, 3.8) is 0 Å². The fourth-order valence-corrected chi connectivity index (χ4v) is 2.44. The van der Waals surface area contributed by atoms with E-state index < -0.39 is 22.8 Å². The van der Waals surface area contributed by atoms with Crippen molar-refractivity contribution in [1.82, 2.24) is 4.90 Å². The first-order valence-electron chi connectivity index (χ1n) is 7.09. The number of amides is 1. The second-order valence-electron chi connectivity index (χ2n) is 6.39. The molecule has 2 atom stereocenters. The normalized spacial score (nSPS) is 21.7. The quantitative estimate of drug-likeness (QED) is 0.669. The average Bonchev–Trinajstić information content (AvgIpc) is 2.79. The molecule has 0 aliphatic carbocycles. The van der Waals surface area contributed by atoms with Gasteiger partial charge < -0.3 is 9.84 Å². The van der Waals surface area contributed by atoms with Gasteiger partial charge in [-0.15, -0.1) is 0 Å². The van der Waals surface area contributed by atoms with Gasteiger partial charge >= 0.3 is 6.09 Å². The lowest BCUT2D eigenvalue weighted by Gasteiger charge is -2.26. The van der Waals surface area contributed by atoms with Crippen molar-refractivity contribution >= 4 is 11.8 Å². The molecule has 1 aromatic carbocycles. The molecule has 0 bridgehead atoms. The Morgan fingerprint density at radius 3 is 2.45 bits per heavy atom. The second-order valence-corrected chi connectivity index (χ2v) is 6.39. The molecule has 1 aliphatic heterocycles. The number of rotatable bonds is 2. The molecule has 0 spiro atoms. The number of likely N-dealkylation sites (tertiary alicyclic amines) is 1. The van der Waals surface area contributed by atoms with E-state index in [4.69, 9.17) is 4.74 Å². The van der Waals surface area contributed by atoms with Gasteiger partial charge in [-0.2, -0.15) is 0 Å². The molecule has 0 radical (unpaired) electrons. The lowest BCUT2D eigenvalue weighted by Crippen LogP contribution is -2.39. The lowest BCUT2D eigenvalue weighted by molar-refractivity contribution is -0.384. The molecule has 1 aliphatic rings. The first kappa shape index (κ1) is 16.2. The molecule has 2 unspecified atom stereocenters. The predicted octanol–water partition coefficient (Wildman–Crippen LogP) is 2.64. The van der Waals surface area contributed by atoms with Gasteiger partial charge in [0.05, 0.1) is 4.92 Å². The van der Waals surface area contributed by atoms with Crippen LogP contribution in [0, 0.1) is 10.1 Å². The van der Waals surface area contributed by atoms with Gasteiger partial charge in [0.1, 0.15) is 11.8 Å². The maximum Gasteiger partial charge on any atom is 0.412 e. The molecule has 1 N–H and O–H groups in total. The highest BCUT2D eigenvalue weighted by atomic mass is 16.6. The van der Waals surface area contributed by atoms with E-state index in [9.17, 15) is 20.0 Å². The molecule has 22 heavy (non-hydrogen) atoms. The molecular formula is C15H20N2O5. The molecule has 1 aromatic rings. The summed E-state index contributed by atoms with van der Waals surface area (Å²) >= 11 is 0. The second kappa shape index (κ2) is 5.92. The highest BCUT2D eigenvalue weighted by molar-refractivity contribution is 5.69. The van der Waals surface area contributed by atoms with Crippen LogP contribution in [0.25, 0.3) is 0 Å². The summed E-state index contributed by atoms with van der Waals surface area (Å²) < 4.78 is 5.26.